The molecule has 1 aromatic rings. The molecule has 0 aliphatic heterocycles. The number of aromatic nitrogens is 1. The van der Waals surface area contributed by atoms with Gasteiger partial charge in [-0.25, -0.2) is 0 Å². The molecule has 0 fully saturated rings. The molecule has 1 unspecified atom stereocenters. The van der Waals surface area contributed by atoms with Crippen molar-refractivity contribution in [3.8, 4) is 0 Å². The molecule has 0 bridgehead atoms. The Bertz CT molecular complexity index is 311. The molecule has 3 heteroatoms. The zero-order chi connectivity index (χ0) is 13.4. The van der Waals surface area contributed by atoms with Crippen LogP contribution >= 0.6 is 0 Å². The lowest BCUT2D eigenvalue weighted by Crippen LogP contribution is -2.43. The minimum atomic E-state index is 0.549. The first-order valence-electron chi connectivity index (χ1n) is 7.04. The second kappa shape index (κ2) is 8.22. The summed E-state index contributed by atoms with van der Waals surface area (Å²) in [6.07, 6.45) is 3.04. The summed E-state index contributed by atoms with van der Waals surface area (Å²) in [5, 5.41) is 3.53. The van der Waals surface area contributed by atoms with Crippen LogP contribution in [0.2, 0.25) is 0 Å². The van der Waals surface area contributed by atoms with Crippen LogP contribution in [0.5, 0.6) is 0 Å². The number of nitrogens with zero attached hydrogens (tertiary/aromatic N) is 2. The Morgan fingerprint density at radius 2 is 2.06 bits per heavy atom. The van der Waals surface area contributed by atoms with Crippen LogP contribution in [0.4, 0.5) is 0 Å². The fourth-order valence-corrected chi connectivity index (χ4v) is 2.10. The number of likely N-dealkylation sites (N-methyl/N-ethyl adjacent to an activating group) is 1. The maximum absolute atomic E-state index is 4.42. The average Bonchev–Trinajstić information content (AvgIpc) is 2.38. The van der Waals surface area contributed by atoms with Gasteiger partial charge in [0.1, 0.15) is 0 Å². The molecule has 102 valence electrons. The van der Waals surface area contributed by atoms with E-state index in [0.717, 1.165) is 25.3 Å². The first-order chi connectivity index (χ1) is 8.67. The van der Waals surface area contributed by atoms with E-state index in [0.29, 0.717) is 12.1 Å². The number of rotatable bonds is 8. The van der Waals surface area contributed by atoms with E-state index in [-0.39, 0.29) is 0 Å². The monoisotopic (exact) mass is 249 g/mol. The van der Waals surface area contributed by atoms with Gasteiger partial charge < -0.3 is 5.32 Å². The van der Waals surface area contributed by atoms with E-state index in [4.69, 9.17) is 0 Å². The van der Waals surface area contributed by atoms with Gasteiger partial charge in [-0.05, 0) is 25.1 Å². The smallest absolute Gasteiger partial charge is 0.0544 e. The van der Waals surface area contributed by atoms with Crippen LogP contribution in [0.1, 0.15) is 39.8 Å². The van der Waals surface area contributed by atoms with Gasteiger partial charge in [0.05, 0.1) is 5.69 Å². The molecule has 0 saturated heterocycles. The third-order valence-corrected chi connectivity index (χ3v) is 3.25. The summed E-state index contributed by atoms with van der Waals surface area (Å²) in [5.74, 6) is 0. The van der Waals surface area contributed by atoms with Gasteiger partial charge in [-0.3, -0.25) is 9.88 Å². The molecule has 0 radical (unpaired) electrons. The van der Waals surface area contributed by atoms with E-state index in [1.807, 2.05) is 12.3 Å². The number of pyridine rings is 1. The Hall–Kier alpha value is -0.930. The van der Waals surface area contributed by atoms with Crippen molar-refractivity contribution in [2.75, 3.05) is 13.1 Å². The quantitative estimate of drug-likeness (QED) is 0.768. The Kier molecular flexibility index (Phi) is 6.91. The van der Waals surface area contributed by atoms with Crippen molar-refractivity contribution in [3.63, 3.8) is 0 Å². The van der Waals surface area contributed by atoms with Crippen LogP contribution in [0.25, 0.3) is 0 Å². The lowest BCUT2D eigenvalue weighted by Gasteiger charge is -2.30. The molecule has 18 heavy (non-hydrogen) atoms. The number of hydrogen-bond acceptors (Lipinski definition) is 3. The molecule has 1 aromatic heterocycles. The van der Waals surface area contributed by atoms with E-state index >= 15 is 0 Å². The minimum Gasteiger partial charge on any atom is -0.313 e. The van der Waals surface area contributed by atoms with Crippen LogP contribution in [0.3, 0.4) is 0 Å². The predicted octanol–water partition coefficient (Wildman–Crippen LogP) is 2.68. The Morgan fingerprint density at radius 1 is 1.28 bits per heavy atom. The van der Waals surface area contributed by atoms with Crippen LogP contribution in [0, 0.1) is 0 Å². The molecule has 0 aliphatic rings. The molecule has 0 spiro atoms. The second-order valence-corrected chi connectivity index (χ2v) is 5.01. The molecule has 1 rings (SSSR count). The van der Waals surface area contributed by atoms with Gasteiger partial charge in [0, 0.05) is 31.4 Å². The molecule has 0 aliphatic carbocycles. The molecule has 1 atom stereocenters. The van der Waals surface area contributed by atoms with Crippen LogP contribution < -0.4 is 5.32 Å². The van der Waals surface area contributed by atoms with Gasteiger partial charge in [0.2, 0.25) is 0 Å². The first-order valence-corrected chi connectivity index (χ1v) is 7.04. The lowest BCUT2D eigenvalue weighted by atomic mass is 10.1. The molecular weight excluding hydrogens is 222 g/mol. The van der Waals surface area contributed by atoms with Crippen molar-refractivity contribution in [3.05, 3.63) is 30.1 Å². The van der Waals surface area contributed by atoms with Gasteiger partial charge in [0.15, 0.2) is 0 Å². The van der Waals surface area contributed by atoms with Crippen molar-refractivity contribution < 1.29 is 0 Å². The molecule has 3 nitrogen and oxygen atoms in total. The molecule has 0 aromatic carbocycles. The Morgan fingerprint density at radius 3 is 2.56 bits per heavy atom. The minimum absolute atomic E-state index is 0.549. The average molecular weight is 249 g/mol. The largest absolute Gasteiger partial charge is 0.313 e. The summed E-state index contributed by atoms with van der Waals surface area (Å²) in [4.78, 5) is 6.91. The topological polar surface area (TPSA) is 28.2 Å². The summed E-state index contributed by atoms with van der Waals surface area (Å²) in [7, 11) is 0. The van der Waals surface area contributed by atoms with E-state index in [2.05, 4.69) is 55.0 Å². The van der Waals surface area contributed by atoms with E-state index in [9.17, 15) is 0 Å². The maximum Gasteiger partial charge on any atom is 0.0544 e. The Balaban J connectivity index is 2.57. The third-order valence-electron chi connectivity index (χ3n) is 3.25. The molecule has 0 saturated carbocycles. The highest BCUT2D eigenvalue weighted by atomic mass is 15.2. The SMILES string of the molecule is CCC(CNC(C)C)N(CC)Cc1ccccn1. The van der Waals surface area contributed by atoms with E-state index in [1.54, 1.807) is 0 Å². The fourth-order valence-electron chi connectivity index (χ4n) is 2.10. The predicted molar refractivity (Wildman–Crippen MR) is 77.5 cm³/mol. The summed E-state index contributed by atoms with van der Waals surface area (Å²) >= 11 is 0. The second-order valence-electron chi connectivity index (χ2n) is 5.01. The third kappa shape index (κ3) is 5.15. The normalized spacial score (nSPS) is 13.2. The highest BCUT2D eigenvalue weighted by Gasteiger charge is 2.15. The zero-order valence-corrected chi connectivity index (χ0v) is 12.2. The maximum atomic E-state index is 4.42. The van der Waals surface area contributed by atoms with Crippen molar-refractivity contribution in [1.82, 2.24) is 15.2 Å². The summed E-state index contributed by atoms with van der Waals surface area (Å²) in [6, 6.07) is 7.26. The van der Waals surface area contributed by atoms with Gasteiger partial charge in [-0.2, -0.15) is 0 Å². The van der Waals surface area contributed by atoms with Gasteiger partial charge in [-0.1, -0.05) is 33.8 Å². The first kappa shape index (κ1) is 15.1. The lowest BCUT2D eigenvalue weighted by molar-refractivity contribution is 0.183. The van der Waals surface area contributed by atoms with Crippen molar-refractivity contribution in [1.29, 1.82) is 0 Å². The molecular formula is C15H27N3. The molecule has 1 heterocycles. The highest BCUT2D eigenvalue weighted by molar-refractivity contribution is 5.03. The van der Waals surface area contributed by atoms with Crippen LogP contribution in [-0.2, 0) is 6.54 Å². The van der Waals surface area contributed by atoms with Crippen LogP contribution in [0.15, 0.2) is 24.4 Å². The summed E-state index contributed by atoms with van der Waals surface area (Å²) in [6.45, 7) is 11.9. The van der Waals surface area contributed by atoms with E-state index in [1.165, 1.54) is 6.42 Å². The summed E-state index contributed by atoms with van der Waals surface area (Å²) < 4.78 is 0. The summed E-state index contributed by atoms with van der Waals surface area (Å²) in [5.41, 5.74) is 1.15. The Labute approximate surface area is 112 Å². The van der Waals surface area contributed by atoms with Gasteiger partial charge >= 0.3 is 0 Å². The molecule has 1 N–H and O–H groups in total. The van der Waals surface area contributed by atoms with Gasteiger partial charge in [0.25, 0.3) is 0 Å². The number of hydrogen-bond donors (Lipinski definition) is 1. The highest BCUT2D eigenvalue weighted by Crippen LogP contribution is 2.08. The molecule has 0 amide bonds. The van der Waals surface area contributed by atoms with E-state index < -0.39 is 0 Å². The van der Waals surface area contributed by atoms with Crippen molar-refractivity contribution in [2.45, 2.75) is 52.7 Å². The van der Waals surface area contributed by atoms with Crippen LogP contribution in [-0.4, -0.2) is 35.1 Å². The number of nitrogens with one attached hydrogen (secondary N) is 1. The fraction of sp³-hybridized carbons (Fsp3) is 0.667. The van der Waals surface area contributed by atoms with Crippen molar-refractivity contribution in [2.24, 2.45) is 0 Å². The zero-order valence-electron chi connectivity index (χ0n) is 12.2. The van der Waals surface area contributed by atoms with Crippen molar-refractivity contribution >= 4 is 0 Å². The standard InChI is InChI=1S/C15H27N3/c1-5-15(11-17-13(3)4)18(6-2)12-14-9-7-8-10-16-14/h7-10,13,15,17H,5-6,11-12H2,1-4H3. The van der Waals surface area contributed by atoms with Gasteiger partial charge in [-0.15, -0.1) is 0 Å².